The first-order valence-corrected chi connectivity index (χ1v) is 10.8. The molecule has 0 aliphatic carbocycles. The van der Waals surface area contributed by atoms with Gasteiger partial charge < -0.3 is 11.5 Å². The van der Waals surface area contributed by atoms with Gasteiger partial charge >= 0.3 is 0 Å². The van der Waals surface area contributed by atoms with E-state index in [1.807, 2.05) is 52.0 Å². The van der Waals surface area contributed by atoms with E-state index in [-0.39, 0.29) is 17.6 Å². The van der Waals surface area contributed by atoms with Gasteiger partial charge in [-0.25, -0.2) is 0 Å². The molecular weight excluding hydrogens is 456 g/mol. The minimum absolute atomic E-state index is 0.200. The lowest BCUT2D eigenvalue weighted by molar-refractivity contribution is -0.121. The van der Waals surface area contributed by atoms with Crippen LogP contribution in [0.4, 0.5) is 11.4 Å². The van der Waals surface area contributed by atoms with Crippen LogP contribution in [-0.4, -0.2) is 16.4 Å². The minimum atomic E-state index is -0.227. The Morgan fingerprint density at radius 2 is 1.04 bits per heavy atom. The molecule has 3 nitrogen and oxygen atoms in total. The quantitative estimate of drug-likeness (QED) is 0.433. The van der Waals surface area contributed by atoms with Crippen LogP contribution in [0.5, 0.6) is 0 Å². The number of hydrogen-bond acceptors (Lipinski definition) is 3. The molecule has 0 radical (unpaired) electrons. The van der Waals surface area contributed by atoms with Crippen molar-refractivity contribution in [2.24, 2.45) is 0 Å². The van der Waals surface area contributed by atoms with Gasteiger partial charge in [0.15, 0.2) is 0 Å². The summed E-state index contributed by atoms with van der Waals surface area (Å²) in [5.74, 6) is -0.255. The van der Waals surface area contributed by atoms with Crippen LogP contribution in [0.25, 0.3) is 0 Å². The van der Waals surface area contributed by atoms with Gasteiger partial charge in [0.05, 0.1) is 11.8 Å². The highest BCUT2D eigenvalue weighted by Gasteiger charge is 2.31. The summed E-state index contributed by atoms with van der Waals surface area (Å²) in [6.45, 7) is 8.07. The second-order valence-corrected chi connectivity index (χ2v) is 8.25. The van der Waals surface area contributed by atoms with Crippen LogP contribution in [0.1, 0.15) is 45.2 Å². The predicted octanol–water partition coefficient (Wildman–Crippen LogP) is 5.31. The van der Waals surface area contributed by atoms with Crippen LogP contribution in [0, 0.1) is 27.7 Å². The number of carbonyl (C=O) groups excluding carboxylic acids is 1. The van der Waals surface area contributed by atoms with E-state index in [0.29, 0.717) is 10.7 Å². The van der Waals surface area contributed by atoms with Gasteiger partial charge in [-0.05, 0) is 85.3 Å². The summed E-state index contributed by atoms with van der Waals surface area (Å²) in [6.07, 6.45) is 0. The Kier molecular flexibility index (Phi) is 6.92. The molecule has 140 valence electrons. The fraction of sp³-hybridized carbons (Fsp3) is 0.381. The fourth-order valence-corrected chi connectivity index (χ4v) is 5.24. The Hall–Kier alpha value is -1.33. The van der Waals surface area contributed by atoms with E-state index in [1.165, 1.54) is 0 Å². The predicted molar refractivity (Wildman–Crippen MR) is 119 cm³/mol. The molecule has 0 fully saturated rings. The lowest BCUT2D eigenvalue weighted by atomic mass is 9.80. The number of halogens is 2. The third kappa shape index (κ3) is 4.15. The first-order chi connectivity index (χ1) is 12.2. The Morgan fingerprint density at radius 1 is 0.769 bits per heavy atom. The summed E-state index contributed by atoms with van der Waals surface area (Å²) in [5.41, 5.74) is 19.7. The molecule has 4 N–H and O–H groups in total. The standard InChI is InChI=1S/C21H26Br2N2O/c1-11-5-15(24)6-12(2)19(11)17(9-22)21(26)18(10-23)20-13(3)7-16(25)8-14(20)4/h5-8,17-18H,9-10,24-25H2,1-4H3. The maximum atomic E-state index is 13.6. The molecule has 0 amide bonds. The van der Waals surface area contributed by atoms with Crippen molar-refractivity contribution in [3.8, 4) is 0 Å². The zero-order valence-electron chi connectivity index (χ0n) is 15.7. The number of hydrogen-bond donors (Lipinski definition) is 2. The van der Waals surface area contributed by atoms with Gasteiger partial charge in [0, 0.05) is 22.0 Å². The van der Waals surface area contributed by atoms with Gasteiger partial charge in [0.25, 0.3) is 0 Å². The largest absolute Gasteiger partial charge is 0.399 e. The number of ketones is 1. The first-order valence-electron chi connectivity index (χ1n) is 8.60. The molecule has 0 bridgehead atoms. The third-order valence-electron chi connectivity index (χ3n) is 4.92. The smallest absolute Gasteiger partial charge is 0.149 e. The summed E-state index contributed by atoms with van der Waals surface area (Å²) in [7, 11) is 0. The zero-order chi connectivity index (χ0) is 19.6. The van der Waals surface area contributed by atoms with Crippen molar-refractivity contribution in [1.82, 2.24) is 0 Å². The molecule has 0 saturated heterocycles. The number of carbonyl (C=O) groups is 1. The summed E-state index contributed by atoms with van der Waals surface area (Å²) in [6, 6.07) is 7.75. The highest BCUT2D eigenvalue weighted by atomic mass is 79.9. The van der Waals surface area contributed by atoms with Crippen molar-refractivity contribution in [1.29, 1.82) is 0 Å². The van der Waals surface area contributed by atoms with Crippen LogP contribution < -0.4 is 11.5 Å². The second kappa shape index (κ2) is 8.57. The lowest BCUT2D eigenvalue weighted by Crippen LogP contribution is -2.25. The molecule has 0 spiro atoms. The number of Topliss-reactive ketones (excluding diaryl/α,β-unsaturated/α-hetero) is 1. The fourth-order valence-electron chi connectivity index (χ4n) is 3.95. The number of anilines is 2. The van der Waals surface area contributed by atoms with Crippen LogP contribution in [0.3, 0.4) is 0 Å². The summed E-state index contributed by atoms with van der Waals surface area (Å²) >= 11 is 7.14. The van der Waals surface area contributed by atoms with E-state index in [4.69, 9.17) is 11.5 Å². The van der Waals surface area contributed by atoms with E-state index >= 15 is 0 Å². The normalized spacial score (nSPS) is 13.5. The second-order valence-electron chi connectivity index (χ2n) is 6.95. The SMILES string of the molecule is Cc1cc(N)cc(C)c1C(CBr)C(=O)C(CBr)c1c(C)cc(N)cc1C. The Balaban J connectivity index is 2.54. The molecule has 2 aromatic rings. The van der Waals surface area contributed by atoms with Crippen LogP contribution in [-0.2, 0) is 4.79 Å². The van der Waals surface area contributed by atoms with Crippen molar-refractivity contribution in [3.05, 3.63) is 57.6 Å². The number of alkyl halides is 2. The maximum Gasteiger partial charge on any atom is 0.149 e. The van der Waals surface area contributed by atoms with Crippen LogP contribution in [0.15, 0.2) is 24.3 Å². The van der Waals surface area contributed by atoms with E-state index in [2.05, 4.69) is 31.9 Å². The van der Waals surface area contributed by atoms with E-state index in [9.17, 15) is 4.79 Å². The summed E-state index contributed by atoms with van der Waals surface area (Å²) < 4.78 is 0. The third-order valence-corrected chi connectivity index (χ3v) is 6.22. The molecule has 0 aliphatic heterocycles. The van der Waals surface area contributed by atoms with Crippen molar-refractivity contribution in [2.75, 3.05) is 22.1 Å². The molecule has 26 heavy (non-hydrogen) atoms. The van der Waals surface area contributed by atoms with Crippen LogP contribution >= 0.6 is 31.9 Å². The molecule has 0 aliphatic rings. The molecule has 2 aromatic carbocycles. The number of rotatable bonds is 6. The number of nitrogen functional groups attached to an aromatic ring is 2. The molecule has 2 unspecified atom stereocenters. The minimum Gasteiger partial charge on any atom is -0.399 e. The highest BCUT2D eigenvalue weighted by molar-refractivity contribution is 9.09. The number of aryl methyl sites for hydroxylation is 4. The van der Waals surface area contributed by atoms with Crippen molar-refractivity contribution >= 4 is 49.0 Å². The molecule has 2 atom stereocenters. The first kappa shape index (κ1) is 21.0. The zero-order valence-corrected chi connectivity index (χ0v) is 18.9. The van der Waals surface area contributed by atoms with Crippen LogP contribution in [0.2, 0.25) is 0 Å². The van der Waals surface area contributed by atoms with E-state index in [1.54, 1.807) is 0 Å². The van der Waals surface area contributed by atoms with Gasteiger partial charge in [0.1, 0.15) is 5.78 Å². The van der Waals surface area contributed by atoms with Crippen molar-refractivity contribution < 1.29 is 4.79 Å². The number of nitrogens with two attached hydrogens (primary N) is 2. The molecule has 5 heteroatoms. The summed E-state index contributed by atoms with van der Waals surface area (Å²) in [5, 5.41) is 1.15. The van der Waals surface area contributed by atoms with Gasteiger partial charge in [0.2, 0.25) is 0 Å². The van der Waals surface area contributed by atoms with E-state index < -0.39 is 0 Å². The highest BCUT2D eigenvalue weighted by Crippen LogP contribution is 2.36. The molecule has 0 saturated carbocycles. The molecular formula is C21H26Br2N2O. The molecule has 2 rings (SSSR count). The average Bonchev–Trinajstić information content (AvgIpc) is 2.53. The van der Waals surface area contributed by atoms with Gasteiger partial charge in [-0.1, -0.05) is 31.9 Å². The van der Waals surface area contributed by atoms with Gasteiger partial charge in [-0.15, -0.1) is 0 Å². The van der Waals surface area contributed by atoms with Crippen molar-refractivity contribution in [3.63, 3.8) is 0 Å². The lowest BCUT2D eigenvalue weighted by Gasteiger charge is -2.26. The maximum absolute atomic E-state index is 13.6. The molecule has 0 aromatic heterocycles. The summed E-state index contributed by atoms with van der Waals surface area (Å²) in [4.78, 5) is 13.6. The number of benzene rings is 2. The van der Waals surface area contributed by atoms with Gasteiger partial charge in [-0.2, -0.15) is 0 Å². The van der Waals surface area contributed by atoms with Gasteiger partial charge in [-0.3, -0.25) is 4.79 Å². The van der Waals surface area contributed by atoms with E-state index in [0.717, 1.165) is 44.8 Å². The van der Waals surface area contributed by atoms with Crippen molar-refractivity contribution in [2.45, 2.75) is 39.5 Å². The average molecular weight is 482 g/mol. The Labute approximate surface area is 172 Å². The Morgan fingerprint density at radius 3 is 1.27 bits per heavy atom. The topological polar surface area (TPSA) is 69.1 Å². The monoisotopic (exact) mass is 480 g/mol. The Bertz CT molecular complexity index is 719. The molecule has 0 heterocycles.